The Bertz CT molecular complexity index is 748. The number of nitrogens with one attached hydrogen (secondary N) is 1. The highest BCUT2D eigenvalue weighted by molar-refractivity contribution is 5.28. The smallest absolute Gasteiger partial charge is 0.222 e. The minimum atomic E-state index is -0.790. The molecule has 28 heavy (non-hydrogen) atoms. The van der Waals surface area contributed by atoms with Gasteiger partial charge in [-0.05, 0) is 24.8 Å². The molecule has 150 valence electrons. The third kappa shape index (κ3) is 4.33. The maximum absolute atomic E-state index is 10.4. The van der Waals surface area contributed by atoms with Crippen molar-refractivity contribution < 1.29 is 14.9 Å². The normalized spacial score (nSPS) is 24.9. The Balaban J connectivity index is 1.27. The van der Waals surface area contributed by atoms with Crippen molar-refractivity contribution >= 4 is 5.95 Å². The number of aromatic nitrogens is 2. The second kappa shape index (κ2) is 8.53. The number of piperidine rings is 1. The summed E-state index contributed by atoms with van der Waals surface area (Å²) in [6, 6.07) is 10.2. The minimum Gasteiger partial charge on any atom is -0.390 e. The fraction of sp³-hybridized carbons (Fsp3) is 0.524. The van der Waals surface area contributed by atoms with Gasteiger partial charge in [-0.25, -0.2) is 9.97 Å². The topological polar surface area (TPSA) is 90.7 Å². The van der Waals surface area contributed by atoms with E-state index in [1.165, 1.54) is 5.56 Å². The lowest BCUT2D eigenvalue weighted by Gasteiger charge is -2.48. The van der Waals surface area contributed by atoms with Gasteiger partial charge in [-0.3, -0.25) is 4.90 Å². The molecule has 2 aliphatic heterocycles. The van der Waals surface area contributed by atoms with Crippen molar-refractivity contribution in [2.24, 2.45) is 0 Å². The molecule has 0 bridgehead atoms. The molecule has 0 amide bonds. The highest BCUT2D eigenvalue weighted by Crippen LogP contribution is 2.35. The molecule has 1 spiro atoms. The van der Waals surface area contributed by atoms with Gasteiger partial charge in [0.25, 0.3) is 0 Å². The number of ether oxygens (including phenoxy) is 1. The first-order valence-corrected chi connectivity index (χ1v) is 9.96. The Morgan fingerprint density at radius 3 is 2.50 bits per heavy atom. The van der Waals surface area contributed by atoms with Crippen LogP contribution in [0.1, 0.15) is 30.4 Å². The lowest BCUT2D eigenvalue weighted by molar-refractivity contribution is -0.214. The molecule has 2 atom stereocenters. The van der Waals surface area contributed by atoms with E-state index in [-0.39, 0.29) is 0 Å². The number of likely N-dealkylation sites (tertiary alicyclic amines) is 1. The summed E-state index contributed by atoms with van der Waals surface area (Å²) in [5.74, 6) is 0.623. The second-order valence-corrected chi connectivity index (χ2v) is 7.74. The fourth-order valence-electron chi connectivity index (χ4n) is 4.07. The maximum Gasteiger partial charge on any atom is 0.222 e. The van der Waals surface area contributed by atoms with E-state index >= 15 is 0 Å². The average molecular weight is 384 g/mol. The highest BCUT2D eigenvalue weighted by Gasteiger charge is 2.47. The van der Waals surface area contributed by atoms with Crippen molar-refractivity contribution in [3.05, 3.63) is 53.9 Å². The number of nitrogens with zero attached hydrogens (tertiary/aromatic N) is 3. The Kier molecular flexibility index (Phi) is 5.87. The third-order valence-electron chi connectivity index (χ3n) is 5.81. The predicted molar refractivity (Wildman–Crippen MR) is 106 cm³/mol. The van der Waals surface area contributed by atoms with Crippen LogP contribution in [0.5, 0.6) is 0 Å². The maximum atomic E-state index is 10.4. The molecule has 2 aromatic rings. The van der Waals surface area contributed by atoms with E-state index in [4.69, 9.17) is 4.74 Å². The van der Waals surface area contributed by atoms with Crippen LogP contribution in [0.15, 0.2) is 42.7 Å². The lowest BCUT2D eigenvalue weighted by atomic mass is 9.80. The zero-order chi connectivity index (χ0) is 19.4. The van der Waals surface area contributed by atoms with Crippen LogP contribution in [0.25, 0.3) is 0 Å². The van der Waals surface area contributed by atoms with Crippen molar-refractivity contribution in [2.45, 2.75) is 50.2 Å². The van der Waals surface area contributed by atoms with Crippen LogP contribution >= 0.6 is 0 Å². The predicted octanol–water partition coefficient (Wildman–Crippen LogP) is 1.57. The first-order valence-electron chi connectivity index (χ1n) is 9.96. The number of aliphatic hydroxyl groups is 2. The first-order chi connectivity index (χ1) is 13.6. The minimum absolute atomic E-state index is 0.509. The molecule has 7 heteroatoms. The van der Waals surface area contributed by atoms with Crippen molar-refractivity contribution in [3.8, 4) is 0 Å². The van der Waals surface area contributed by atoms with Crippen LogP contribution in [-0.2, 0) is 17.8 Å². The summed E-state index contributed by atoms with van der Waals surface area (Å²) in [4.78, 5) is 11.2. The molecule has 1 aromatic carbocycles. The number of hydrogen-bond acceptors (Lipinski definition) is 7. The van der Waals surface area contributed by atoms with E-state index in [0.29, 0.717) is 25.5 Å². The van der Waals surface area contributed by atoms with Gasteiger partial charge in [0.1, 0.15) is 6.10 Å². The van der Waals surface area contributed by atoms with Gasteiger partial charge < -0.3 is 20.3 Å². The SMILES string of the molecule is O[C@H]1CCOC2(CCN(Cc3cnc(NCc4ccccc4)nc3)CC2)[C@H]1O. The molecular formula is C21H28N4O3. The molecule has 3 N–H and O–H groups in total. The molecule has 0 radical (unpaired) electrons. The Morgan fingerprint density at radius 1 is 1.07 bits per heavy atom. The fourth-order valence-corrected chi connectivity index (χ4v) is 4.07. The monoisotopic (exact) mass is 384 g/mol. The van der Waals surface area contributed by atoms with Crippen LogP contribution in [0.2, 0.25) is 0 Å². The Morgan fingerprint density at radius 2 is 1.79 bits per heavy atom. The molecular weight excluding hydrogens is 356 g/mol. The summed E-state index contributed by atoms with van der Waals surface area (Å²) in [7, 11) is 0. The number of aliphatic hydroxyl groups excluding tert-OH is 2. The number of anilines is 1. The van der Waals surface area contributed by atoms with Crippen LogP contribution in [0, 0.1) is 0 Å². The van der Waals surface area contributed by atoms with Crippen LogP contribution < -0.4 is 5.32 Å². The molecule has 2 aliphatic rings. The number of hydrogen-bond donors (Lipinski definition) is 3. The molecule has 0 unspecified atom stereocenters. The van der Waals surface area contributed by atoms with E-state index in [1.807, 2.05) is 30.6 Å². The average Bonchev–Trinajstić information content (AvgIpc) is 2.74. The lowest BCUT2D eigenvalue weighted by Crippen LogP contribution is -2.59. The summed E-state index contributed by atoms with van der Waals surface area (Å²) >= 11 is 0. The summed E-state index contributed by atoms with van der Waals surface area (Å²) in [5.41, 5.74) is 1.66. The van der Waals surface area contributed by atoms with Crippen molar-refractivity contribution in [1.82, 2.24) is 14.9 Å². The standard InChI is InChI=1S/C21H28N4O3/c26-18-6-11-28-21(19(18)27)7-9-25(10-8-21)15-17-13-23-20(24-14-17)22-12-16-4-2-1-3-5-16/h1-5,13-14,18-19,26-27H,6-12,15H2,(H,22,23,24)/t18-,19-/m0/s1. The van der Waals surface area contributed by atoms with E-state index in [2.05, 4.69) is 32.3 Å². The van der Waals surface area contributed by atoms with Gasteiger partial charge in [0.15, 0.2) is 0 Å². The summed E-state index contributed by atoms with van der Waals surface area (Å²) in [5, 5.41) is 23.6. The van der Waals surface area contributed by atoms with Gasteiger partial charge in [0, 0.05) is 44.1 Å². The van der Waals surface area contributed by atoms with Crippen LogP contribution in [0.3, 0.4) is 0 Å². The molecule has 4 rings (SSSR count). The Labute approximate surface area is 165 Å². The second-order valence-electron chi connectivity index (χ2n) is 7.74. The first kappa shape index (κ1) is 19.3. The molecule has 7 nitrogen and oxygen atoms in total. The zero-order valence-electron chi connectivity index (χ0n) is 16.0. The number of benzene rings is 1. The molecule has 0 aliphatic carbocycles. The highest BCUT2D eigenvalue weighted by atomic mass is 16.5. The van der Waals surface area contributed by atoms with Gasteiger partial charge in [-0.2, -0.15) is 0 Å². The quantitative estimate of drug-likeness (QED) is 0.721. The van der Waals surface area contributed by atoms with E-state index in [9.17, 15) is 10.2 Å². The molecule has 0 saturated carbocycles. The van der Waals surface area contributed by atoms with Gasteiger partial charge in [-0.15, -0.1) is 0 Å². The van der Waals surface area contributed by atoms with Gasteiger partial charge in [0.05, 0.1) is 18.3 Å². The molecule has 3 heterocycles. The summed E-state index contributed by atoms with van der Waals surface area (Å²) in [6.07, 6.45) is 4.22. The largest absolute Gasteiger partial charge is 0.390 e. The van der Waals surface area contributed by atoms with E-state index in [1.54, 1.807) is 0 Å². The summed E-state index contributed by atoms with van der Waals surface area (Å²) in [6.45, 7) is 3.62. The van der Waals surface area contributed by atoms with Gasteiger partial charge in [-0.1, -0.05) is 30.3 Å². The third-order valence-corrected chi connectivity index (χ3v) is 5.81. The van der Waals surface area contributed by atoms with Crippen LogP contribution in [-0.4, -0.2) is 62.6 Å². The van der Waals surface area contributed by atoms with E-state index in [0.717, 1.165) is 38.0 Å². The van der Waals surface area contributed by atoms with Gasteiger partial charge in [0.2, 0.25) is 5.95 Å². The van der Waals surface area contributed by atoms with Gasteiger partial charge >= 0.3 is 0 Å². The van der Waals surface area contributed by atoms with Crippen LogP contribution in [0.4, 0.5) is 5.95 Å². The molecule has 2 saturated heterocycles. The van der Waals surface area contributed by atoms with E-state index < -0.39 is 17.8 Å². The summed E-state index contributed by atoms with van der Waals surface area (Å²) < 4.78 is 5.90. The number of rotatable bonds is 5. The van der Waals surface area contributed by atoms with Crippen molar-refractivity contribution in [3.63, 3.8) is 0 Å². The van der Waals surface area contributed by atoms with Crippen molar-refractivity contribution in [2.75, 3.05) is 25.0 Å². The molecule has 1 aromatic heterocycles. The zero-order valence-corrected chi connectivity index (χ0v) is 16.0. The van der Waals surface area contributed by atoms with Crippen molar-refractivity contribution in [1.29, 1.82) is 0 Å². The Hall–Kier alpha value is -2.06. The molecule has 2 fully saturated rings.